The molecule has 5 nitrogen and oxygen atoms in total. The van der Waals surface area contributed by atoms with Gasteiger partial charge in [-0.3, -0.25) is 9.59 Å². The lowest BCUT2D eigenvalue weighted by Gasteiger charge is -2.11. The Morgan fingerprint density at radius 3 is 2.32 bits per heavy atom. The van der Waals surface area contributed by atoms with Gasteiger partial charge in [-0.25, -0.2) is 9.37 Å². The van der Waals surface area contributed by atoms with Gasteiger partial charge in [0.1, 0.15) is 5.82 Å². The summed E-state index contributed by atoms with van der Waals surface area (Å²) in [5, 5.41) is 2.61. The summed E-state index contributed by atoms with van der Waals surface area (Å²) < 4.78 is 54.5. The lowest BCUT2D eigenvalue weighted by atomic mass is 9.98. The Balaban J connectivity index is 1.71. The fraction of sp³-hybridized carbons (Fsp3) is 0.136. The molecular formula is C22H16F4N2O3. The molecule has 1 amide bonds. The fourth-order valence-electron chi connectivity index (χ4n) is 2.71. The van der Waals surface area contributed by atoms with Crippen molar-refractivity contribution in [3.8, 4) is 5.88 Å². The number of halogens is 4. The van der Waals surface area contributed by atoms with E-state index in [2.05, 4.69) is 15.0 Å². The standard InChI is InChI=1S/C22H16F4N2O3/c23-16-7-5-15(6-8-16)20(29)17-3-1-2-4-18(17)21(30)28-12-14-9-10-27-19(11-14)31-13-22(24,25)26/h1-11H,12-13H2,(H,28,30). The summed E-state index contributed by atoms with van der Waals surface area (Å²) in [5.74, 6) is -1.72. The van der Waals surface area contributed by atoms with Crippen LogP contribution in [-0.4, -0.2) is 29.5 Å². The highest BCUT2D eigenvalue weighted by Crippen LogP contribution is 2.18. The molecule has 3 aromatic rings. The number of hydrogen-bond donors (Lipinski definition) is 1. The number of pyridine rings is 1. The van der Waals surface area contributed by atoms with E-state index in [-0.39, 0.29) is 29.1 Å². The molecule has 0 spiro atoms. The molecule has 0 aliphatic carbocycles. The third kappa shape index (κ3) is 6.11. The average Bonchev–Trinajstić information content (AvgIpc) is 2.76. The Labute approximate surface area is 174 Å². The number of rotatable bonds is 7. The van der Waals surface area contributed by atoms with Gasteiger partial charge in [-0.15, -0.1) is 0 Å². The first-order valence-corrected chi connectivity index (χ1v) is 9.05. The van der Waals surface area contributed by atoms with Gasteiger partial charge in [0.2, 0.25) is 5.88 Å². The highest BCUT2D eigenvalue weighted by atomic mass is 19.4. The van der Waals surface area contributed by atoms with Crippen molar-refractivity contribution in [3.63, 3.8) is 0 Å². The van der Waals surface area contributed by atoms with E-state index in [4.69, 9.17) is 0 Å². The molecule has 2 aromatic carbocycles. The summed E-state index contributed by atoms with van der Waals surface area (Å²) in [7, 11) is 0. The van der Waals surface area contributed by atoms with Crippen molar-refractivity contribution in [2.75, 3.05) is 6.61 Å². The van der Waals surface area contributed by atoms with E-state index < -0.39 is 30.3 Å². The summed E-state index contributed by atoms with van der Waals surface area (Å²) >= 11 is 0. The molecule has 0 aliphatic heterocycles. The predicted octanol–water partition coefficient (Wildman–Crippen LogP) is 4.32. The Bertz CT molecular complexity index is 1080. The summed E-state index contributed by atoms with van der Waals surface area (Å²) in [6.45, 7) is -1.50. The number of carbonyl (C=O) groups is 2. The predicted molar refractivity (Wildman–Crippen MR) is 103 cm³/mol. The number of aromatic nitrogens is 1. The normalized spacial score (nSPS) is 11.1. The van der Waals surface area contributed by atoms with Gasteiger partial charge in [-0.1, -0.05) is 18.2 Å². The lowest BCUT2D eigenvalue weighted by molar-refractivity contribution is -0.154. The zero-order valence-corrected chi connectivity index (χ0v) is 15.9. The first-order valence-electron chi connectivity index (χ1n) is 9.05. The van der Waals surface area contributed by atoms with Gasteiger partial charge >= 0.3 is 6.18 Å². The minimum Gasteiger partial charge on any atom is -0.468 e. The number of alkyl halides is 3. The first kappa shape index (κ1) is 21.9. The SMILES string of the molecule is O=C(NCc1ccnc(OCC(F)(F)F)c1)c1ccccc1C(=O)c1ccc(F)cc1. The largest absolute Gasteiger partial charge is 0.468 e. The van der Waals surface area contributed by atoms with Crippen molar-refractivity contribution in [3.05, 3.63) is 94.9 Å². The van der Waals surface area contributed by atoms with Crippen molar-refractivity contribution in [1.82, 2.24) is 10.3 Å². The van der Waals surface area contributed by atoms with Crippen molar-refractivity contribution in [2.24, 2.45) is 0 Å². The number of benzene rings is 2. The molecular weight excluding hydrogens is 416 g/mol. The van der Waals surface area contributed by atoms with E-state index in [0.717, 1.165) is 12.1 Å². The second-order valence-corrected chi connectivity index (χ2v) is 6.47. The number of carbonyl (C=O) groups excluding carboxylic acids is 2. The number of ketones is 1. The molecule has 0 saturated heterocycles. The zero-order chi connectivity index (χ0) is 22.4. The van der Waals surface area contributed by atoms with E-state index in [1.54, 1.807) is 12.1 Å². The van der Waals surface area contributed by atoms with Gasteiger partial charge in [0.15, 0.2) is 12.4 Å². The molecule has 160 valence electrons. The number of amides is 1. The van der Waals surface area contributed by atoms with Crippen LogP contribution in [0.3, 0.4) is 0 Å². The van der Waals surface area contributed by atoms with Crippen LogP contribution in [0.4, 0.5) is 17.6 Å². The minimum atomic E-state index is -4.49. The van der Waals surface area contributed by atoms with Gasteiger partial charge in [-0.05, 0) is 42.0 Å². The lowest BCUT2D eigenvalue weighted by Crippen LogP contribution is -2.25. The van der Waals surface area contributed by atoms with Crippen molar-refractivity contribution >= 4 is 11.7 Å². The van der Waals surface area contributed by atoms with Gasteiger partial charge in [0.25, 0.3) is 5.91 Å². The number of nitrogens with zero attached hydrogens (tertiary/aromatic N) is 1. The van der Waals surface area contributed by atoms with Crippen LogP contribution in [-0.2, 0) is 6.54 Å². The molecule has 0 aliphatic rings. The monoisotopic (exact) mass is 432 g/mol. The molecule has 1 aromatic heterocycles. The average molecular weight is 432 g/mol. The highest BCUT2D eigenvalue weighted by Gasteiger charge is 2.28. The van der Waals surface area contributed by atoms with Crippen LogP contribution in [0.2, 0.25) is 0 Å². The third-order valence-electron chi connectivity index (χ3n) is 4.16. The minimum absolute atomic E-state index is 0.0250. The molecule has 0 radical (unpaired) electrons. The molecule has 3 rings (SSSR count). The fourth-order valence-corrected chi connectivity index (χ4v) is 2.71. The molecule has 9 heteroatoms. The summed E-state index contributed by atoms with van der Waals surface area (Å²) in [6.07, 6.45) is -3.23. The highest BCUT2D eigenvalue weighted by molar-refractivity contribution is 6.15. The molecule has 0 unspecified atom stereocenters. The van der Waals surface area contributed by atoms with Crippen LogP contribution in [0.15, 0.2) is 66.9 Å². The van der Waals surface area contributed by atoms with Crippen LogP contribution in [0.25, 0.3) is 0 Å². The van der Waals surface area contributed by atoms with Crippen molar-refractivity contribution in [1.29, 1.82) is 0 Å². The topological polar surface area (TPSA) is 68.3 Å². The maximum Gasteiger partial charge on any atom is 0.422 e. The van der Waals surface area contributed by atoms with E-state index in [1.807, 2.05) is 0 Å². The van der Waals surface area contributed by atoms with E-state index in [0.29, 0.717) is 5.56 Å². The van der Waals surface area contributed by atoms with E-state index >= 15 is 0 Å². The zero-order valence-electron chi connectivity index (χ0n) is 15.9. The molecule has 1 heterocycles. The van der Waals surface area contributed by atoms with Gasteiger partial charge in [0, 0.05) is 29.9 Å². The third-order valence-corrected chi connectivity index (χ3v) is 4.16. The van der Waals surface area contributed by atoms with E-state index in [9.17, 15) is 27.2 Å². The number of nitrogens with one attached hydrogen (secondary N) is 1. The van der Waals surface area contributed by atoms with Crippen molar-refractivity contribution in [2.45, 2.75) is 12.7 Å². The van der Waals surface area contributed by atoms with E-state index in [1.165, 1.54) is 42.6 Å². The maximum atomic E-state index is 13.1. The second-order valence-electron chi connectivity index (χ2n) is 6.47. The van der Waals surface area contributed by atoms with Crippen LogP contribution >= 0.6 is 0 Å². The summed E-state index contributed by atoms with van der Waals surface area (Å²) in [5.41, 5.74) is 0.931. The molecule has 31 heavy (non-hydrogen) atoms. The second kappa shape index (κ2) is 9.38. The molecule has 0 saturated carbocycles. The summed E-state index contributed by atoms with van der Waals surface area (Å²) in [4.78, 5) is 29.1. The Kier molecular flexibility index (Phi) is 6.64. The van der Waals surface area contributed by atoms with Crippen molar-refractivity contribution < 1.29 is 31.9 Å². The van der Waals surface area contributed by atoms with Gasteiger partial charge < -0.3 is 10.1 Å². The van der Waals surface area contributed by atoms with Gasteiger partial charge in [0.05, 0.1) is 5.56 Å². The molecule has 0 bridgehead atoms. The van der Waals surface area contributed by atoms with Crippen LogP contribution in [0, 0.1) is 5.82 Å². The molecule has 1 N–H and O–H groups in total. The maximum absolute atomic E-state index is 13.1. The van der Waals surface area contributed by atoms with Gasteiger partial charge in [-0.2, -0.15) is 13.2 Å². The quantitative estimate of drug-likeness (QED) is 0.446. The Hall–Kier alpha value is -3.75. The Morgan fingerprint density at radius 2 is 1.65 bits per heavy atom. The first-order chi connectivity index (χ1) is 14.7. The Morgan fingerprint density at radius 1 is 0.968 bits per heavy atom. The number of ether oxygens (including phenoxy) is 1. The smallest absolute Gasteiger partial charge is 0.422 e. The number of hydrogen-bond acceptors (Lipinski definition) is 4. The van der Waals surface area contributed by atoms with Crippen LogP contribution in [0.1, 0.15) is 31.8 Å². The molecule has 0 fully saturated rings. The molecule has 0 atom stereocenters. The summed E-state index contributed by atoms with van der Waals surface area (Å²) in [6, 6.07) is 13.9. The van der Waals surface area contributed by atoms with Crippen LogP contribution in [0.5, 0.6) is 5.88 Å². The van der Waals surface area contributed by atoms with Crippen LogP contribution < -0.4 is 10.1 Å².